The molecule has 18 heavy (non-hydrogen) atoms. The number of piperidine rings is 1. The molecule has 2 rings (SSSR count). The predicted octanol–water partition coefficient (Wildman–Crippen LogP) is 2.82. The van der Waals surface area contributed by atoms with Gasteiger partial charge in [0, 0.05) is 6.04 Å². The SMILES string of the molecule is CN(C)C(CC1CCCNC1)c1cccc(F)c1. The van der Waals surface area contributed by atoms with Crippen molar-refractivity contribution in [2.75, 3.05) is 27.2 Å². The zero-order valence-corrected chi connectivity index (χ0v) is 11.3. The highest BCUT2D eigenvalue weighted by Gasteiger charge is 2.21. The Kier molecular flexibility index (Phi) is 4.72. The van der Waals surface area contributed by atoms with Crippen molar-refractivity contribution in [1.29, 1.82) is 0 Å². The first-order chi connectivity index (χ1) is 8.66. The maximum absolute atomic E-state index is 13.3. The van der Waals surface area contributed by atoms with Crippen LogP contribution < -0.4 is 5.32 Å². The fourth-order valence-electron chi connectivity index (χ4n) is 2.80. The van der Waals surface area contributed by atoms with Crippen molar-refractivity contribution in [3.8, 4) is 0 Å². The minimum atomic E-state index is -0.138. The number of rotatable bonds is 4. The lowest BCUT2D eigenvalue weighted by Gasteiger charge is -2.31. The molecule has 0 aliphatic carbocycles. The van der Waals surface area contributed by atoms with Crippen molar-refractivity contribution in [3.63, 3.8) is 0 Å². The van der Waals surface area contributed by atoms with Crippen LogP contribution in [0.3, 0.4) is 0 Å². The summed E-state index contributed by atoms with van der Waals surface area (Å²) >= 11 is 0. The van der Waals surface area contributed by atoms with E-state index < -0.39 is 0 Å². The first-order valence-corrected chi connectivity index (χ1v) is 6.79. The molecule has 2 nitrogen and oxygen atoms in total. The van der Waals surface area contributed by atoms with Crippen LogP contribution in [-0.2, 0) is 0 Å². The topological polar surface area (TPSA) is 15.3 Å². The fraction of sp³-hybridized carbons (Fsp3) is 0.600. The van der Waals surface area contributed by atoms with Crippen LogP contribution in [0.15, 0.2) is 24.3 Å². The van der Waals surface area contributed by atoms with E-state index in [9.17, 15) is 4.39 Å². The second-order valence-electron chi connectivity index (χ2n) is 5.48. The van der Waals surface area contributed by atoms with Crippen LogP contribution in [0, 0.1) is 11.7 Å². The molecule has 1 heterocycles. The summed E-state index contributed by atoms with van der Waals surface area (Å²) in [5, 5.41) is 3.45. The van der Waals surface area contributed by atoms with Crippen LogP contribution in [0.2, 0.25) is 0 Å². The van der Waals surface area contributed by atoms with E-state index in [4.69, 9.17) is 0 Å². The molecule has 0 saturated carbocycles. The largest absolute Gasteiger partial charge is 0.316 e. The molecule has 2 unspecified atom stereocenters. The Labute approximate surface area is 109 Å². The first-order valence-electron chi connectivity index (χ1n) is 6.79. The molecular weight excluding hydrogens is 227 g/mol. The Morgan fingerprint density at radius 3 is 2.89 bits per heavy atom. The molecule has 1 saturated heterocycles. The van der Waals surface area contributed by atoms with Gasteiger partial charge in [-0.2, -0.15) is 0 Å². The van der Waals surface area contributed by atoms with Crippen molar-refractivity contribution in [3.05, 3.63) is 35.6 Å². The van der Waals surface area contributed by atoms with E-state index in [1.807, 2.05) is 6.07 Å². The minimum Gasteiger partial charge on any atom is -0.316 e. The summed E-state index contributed by atoms with van der Waals surface area (Å²) < 4.78 is 13.3. The van der Waals surface area contributed by atoms with Crippen molar-refractivity contribution >= 4 is 0 Å². The summed E-state index contributed by atoms with van der Waals surface area (Å²) in [4.78, 5) is 2.20. The average Bonchev–Trinajstić information content (AvgIpc) is 2.37. The lowest BCUT2D eigenvalue weighted by atomic mass is 9.89. The molecule has 0 aromatic heterocycles. The van der Waals surface area contributed by atoms with Gasteiger partial charge in [0.25, 0.3) is 0 Å². The van der Waals surface area contributed by atoms with Gasteiger partial charge in [-0.25, -0.2) is 4.39 Å². The van der Waals surface area contributed by atoms with Gasteiger partial charge in [0.2, 0.25) is 0 Å². The highest BCUT2D eigenvalue weighted by atomic mass is 19.1. The van der Waals surface area contributed by atoms with Gasteiger partial charge in [-0.15, -0.1) is 0 Å². The van der Waals surface area contributed by atoms with E-state index in [2.05, 4.69) is 24.3 Å². The minimum absolute atomic E-state index is 0.138. The average molecular weight is 250 g/mol. The van der Waals surface area contributed by atoms with Gasteiger partial charge in [0.1, 0.15) is 5.82 Å². The summed E-state index contributed by atoms with van der Waals surface area (Å²) in [5.41, 5.74) is 1.09. The molecule has 0 radical (unpaired) electrons. The highest BCUT2D eigenvalue weighted by molar-refractivity contribution is 5.20. The van der Waals surface area contributed by atoms with Crippen LogP contribution in [0.1, 0.15) is 30.9 Å². The number of nitrogens with zero attached hydrogens (tertiary/aromatic N) is 1. The van der Waals surface area contributed by atoms with Gasteiger partial charge in [-0.1, -0.05) is 12.1 Å². The molecule has 1 aromatic carbocycles. The lowest BCUT2D eigenvalue weighted by Crippen LogP contribution is -2.33. The zero-order chi connectivity index (χ0) is 13.0. The fourth-order valence-corrected chi connectivity index (χ4v) is 2.80. The number of hydrogen-bond donors (Lipinski definition) is 1. The number of benzene rings is 1. The summed E-state index contributed by atoms with van der Waals surface area (Å²) in [6.45, 7) is 2.24. The Hall–Kier alpha value is -0.930. The third-order valence-electron chi connectivity index (χ3n) is 3.81. The molecule has 2 atom stereocenters. The van der Waals surface area contributed by atoms with Gasteiger partial charge in [-0.3, -0.25) is 0 Å². The molecule has 1 aromatic rings. The van der Waals surface area contributed by atoms with Crippen LogP contribution in [-0.4, -0.2) is 32.1 Å². The quantitative estimate of drug-likeness (QED) is 0.884. The Morgan fingerprint density at radius 1 is 1.44 bits per heavy atom. The van der Waals surface area contributed by atoms with E-state index in [0.717, 1.165) is 25.1 Å². The number of hydrogen-bond acceptors (Lipinski definition) is 2. The molecule has 0 spiro atoms. The highest BCUT2D eigenvalue weighted by Crippen LogP contribution is 2.29. The Morgan fingerprint density at radius 2 is 2.28 bits per heavy atom. The monoisotopic (exact) mass is 250 g/mol. The van der Waals surface area contributed by atoms with Gasteiger partial charge in [0.05, 0.1) is 0 Å². The molecule has 1 fully saturated rings. The molecule has 100 valence electrons. The summed E-state index contributed by atoms with van der Waals surface area (Å²) in [5.74, 6) is 0.565. The summed E-state index contributed by atoms with van der Waals surface area (Å²) in [6.07, 6.45) is 3.64. The summed E-state index contributed by atoms with van der Waals surface area (Å²) in [6, 6.07) is 7.33. The molecule has 1 N–H and O–H groups in total. The lowest BCUT2D eigenvalue weighted by molar-refractivity contribution is 0.225. The van der Waals surface area contributed by atoms with E-state index in [1.165, 1.54) is 18.9 Å². The smallest absolute Gasteiger partial charge is 0.123 e. The molecule has 1 aliphatic rings. The predicted molar refractivity (Wildman–Crippen MR) is 73.0 cm³/mol. The van der Waals surface area contributed by atoms with Crippen LogP contribution in [0.25, 0.3) is 0 Å². The van der Waals surface area contributed by atoms with Crippen molar-refractivity contribution in [1.82, 2.24) is 10.2 Å². The van der Waals surface area contributed by atoms with E-state index >= 15 is 0 Å². The van der Waals surface area contributed by atoms with Gasteiger partial charge in [0.15, 0.2) is 0 Å². The first kappa shape index (κ1) is 13.5. The molecular formula is C15H23FN2. The third kappa shape index (κ3) is 3.53. The zero-order valence-electron chi connectivity index (χ0n) is 11.3. The maximum atomic E-state index is 13.3. The maximum Gasteiger partial charge on any atom is 0.123 e. The summed E-state index contributed by atoms with van der Waals surface area (Å²) in [7, 11) is 4.15. The van der Waals surface area contributed by atoms with E-state index in [-0.39, 0.29) is 5.82 Å². The Bertz CT molecular complexity index is 373. The number of halogens is 1. The number of nitrogens with one attached hydrogen (secondary N) is 1. The van der Waals surface area contributed by atoms with Crippen molar-refractivity contribution in [2.45, 2.75) is 25.3 Å². The second-order valence-corrected chi connectivity index (χ2v) is 5.48. The standard InChI is InChI=1S/C15H23FN2/c1-18(2)15(9-12-5-4-8-17-11-12)13-6-3-7-14(16)10-13/h3,6-7,10,12,15,17H,4-5,8-9,11H2,1-2H3. The van der Waals surface area contributed by atoms with Gasteiger partial charge >= 0.3 is 0 Å². The van der Waals surface area contributed by atoms with Crippen molar-refractivity contribution in [2.24, 2.45) is 5.92 Å². The normalized spacial score (nSPS) is 22.1. The molecule has 0 amide bonds. The Balaban J connectivity index is 2.07. The van der Waals surface area contributed by atoms with E-state index in [0.29, 0.717) is 12.0 Å². The van der Waals surface area contributed by atoms with Crippen LogP contribution >= 0.6 is 0 Å². The van der Waals surface area contributed by atoms with E-state index in [1.54, 1.807) is 12.1 Å². The molecule has 0 bridgehead atoms. The second kappa shape index (κ2) is 6.30. The van der Waals surface area contributed by atoms with Gasteiger partial charge in [-0.05, 0) is 70.1 Å². The van der Waals surface area contributed by atoms with Gasteiger partial charge < -0.3 is 10.2 Å². The third-order valence-corrected chi connectivity index (χ3v) is 3.81. The molecule has 1 aliphatic heterocycles. The van der Waals surface area contributed by atoms with Crippen LogP contribution in [0.5, 0.6) is 0 Å². The van der Waals surface area contributed by atoms with Crippen LogP contribution in [0.4, 0.5) is 4.39 Å². The molecule has 3 heteroatoms. The van der Waals surface area contributed by atoms with Crippen molar-refractivity contribution < 1.29 is 4.39 Å².